The number of nitrogens with two attached hydrogens (primary N) is 1. The van der Waals surface area contributed by atoms with Gasteiger partial charge in [-0.2, -0.15) is 10.2 Å². The molecule has 10 heteroatoms. The van der Waals surface area contributed by atoms with Crippen LogP contribution in [0.25, 0.3) is 39.2 Å². The number of benzene rings is 3. The first-order valence-electron chi connectivity index (χ1n) is 16.9. The fourth-order valence-corrected chi connectivity index (χ4v) is 6.50. The fraction of sp³-hybridized carbons (Fsp3) is 0.359. The maximum Gasteiger partial charge on any atom is 0.261 e. The van der Waals surface area contributed by atoms with Crippen molar-refractivity contribution in [3.8, 4) is 22.3 Å². The maximum atomic E-state index is 15.8. The summed E-state index contributed by atoms with van der Waals surface area (Å²) in [4.78, 5) is 15.6. The number of carbonyl (C=O) groups is 1. The molecule has 0 spiro atoms. The smallest absolute Gasteiger partial charge is 0.261 e. The van der Waals surface area contributed by atoms with E-state index in [1.807, 2.05) is 68.9 Å². The SMILES string of the molecule is C=Cc1cc(C(C)(C)C)cc(F)c1C(=O)N(C)c1cccc(-c2cc(-c3cnn(C4CCOCC4)c3)c3[nH]nc(N)c3c2)c1COCCC. The summed E-state index contributed by atoms with van der Waals surface area (Å²) in [5.74, 6) is -0.670. The predicted octanol–water partition coefficient (Wildman–Crippen LogP) is 8.31. The average Bonchev–Trinajstić information content (AvgIpc) is 3.74. The largest absolute Gasteiger partial charge is 0.382 e. The zero-order chi connectivity index (χ0) is 34.9. The molecule has 256 valence electrons. The van der Waals surface area contributed by atoms with Crippen LogP contribution in [0, 0.1) is 5.82 Å². The maximum absolute atomic E-state index is 15.8. The van der Waals surface area contributed by atoms with Gasteiger partial charge in [0, 0.05) is 60.8 Å². The summed E-state index contributed by atoms with van der Waals surface area (Å²) in [5.41, 5.74) is 13.1. The van der Waals surface area contributed by atoms with E-state index >= 15 is 4.39 Å². The number of nitrogens with zero attached hydrogens (tertiary/aromatic N) is 4. The van der Waals surface area contributed by atoms with Crippen molar-refractivity contribution in [2.75, 3.05) is 37.5 Å². The molecular formula is C39H45FN6O3. The molecule has 0 unspecified atom stereocenters. The molecule has 0 bridgehead atoms. The summed E-state index contributed by atoms with van der Waals surface area (Å²) in [6.45, 7) is 14.2. The predicted molar refractivity (Wildman–Crippen MR) is 194 cm³/mol. The number of nitrogen functional groups attached to an aromatic ring is 1. The second-order valence-corrected chi connectivity index (χ2v) is 13.7. The summed E-state index contributed by atoms with van der Waals surface area (Å²) < 4.78 is 29.5. The topological polar surface area (TPSA) is 111 Å². The third-order valence-corrected chi connectivity index (χ3v) is 9.32. The van der Waals surface area contributed by atoms with Crippen LogP contribution >= 0.6 is 0 Å². The lowest BCUT2D eigenvalue weighted by Gasteiger charge is -2.26. The molecule has 1 fully saturated rings. The van der Waals surface area contributed by atoms with Crippen LogP contribution in [0.15, 0.2) is 61.4 Å². The molecule has 3 aromatic carbocycles. The van der Waals surface area contributed by atoms with Crippen molar-refractivity contribution in [3.05, 3.63) is 89.5 Å². The number of amides is 1. The van der Waals surface area contributed by atoms with Gasteiger partial charge in [-0.15, -0.1) is 0 Å². The Bertz CT molecular complexity index is 2000. The number of fused-ring (bicyclic) bond motifs is 1. The van der Waals surface area contributed by atoms with Crippen LogP contribution in [-0.4, -0.2) is 52.8 Å². The molecule has 0 radical (unpaired) electrons. The third kappa shape index (κ3) is 6.75. The Morgan fingerprint density at radius 2 is 1.96 bits per heavy atom. The standard InChI is InChI=1S/C39H45FN6O3/c1-7-14-49-23-32-29(10-9-11-34(32)45(6)38(47)35-24(8-2)17-27(20-33(35)40)39(3,4)5)25-18-30(36-31(19-25)37(41)44-43-36)26-21-42-46(22-26)28-12-15-48-16-13-28/h8-11,17-22,28H,2,7,12-16,23H2,1,3-6H3,(H3,41,43,44). The van der Waals surface area contributed by atoms with Gasteiger partial charge in [0.05, 0.1) is 29.9 Å². The van der Waals surface area contributed by atoms with E-state index in [2.05, 4.69) is 29.0 Å². The van der Waals surface area contributed by atoms with Crippen molar-refractivity contribution < 1.29 is 18.7 Å². The van der Waals surface area contributed by atoms with E-state index < -0.39 is 11.7 Å². The van der Waals surface area contributed by atoms with E-state index in [1.165, 1.54) is 17.0 Å². The van der Waals surface area contributed by atoms with Crippen molar-refractivity contribution in [1.82, 2.24) is 20.0 Å². The number of hydrogen-bond donors (Lipinski definition) is 2. The number of rotatable bonds is 10. The molecule has 0 atom stereocenters. The van der Waals surface area contributed by atoms with Crippen molar-refractivity contribution in [3.63, 3.8) is 0 Å². The van der Waals surface area contributed by atoms with E-state index in [1.54, 1.807) is 7.05 Å². The highest BCUT2D eigenvalue weighted by Crippen LogP contribution is 2.40. The highest BCUT2D eigenvalue weighted by molar-refractivity contribution is 6.09. The number of aromatic amines is 1. The highest BCUT2D eigenvalue weighted by atomic mass is 19.1. The van der Waals surface area contributed by atoms with E-state index in [4.69, 9.17) is 20.3 Å². The second kappa shape index (κ2) is 14.0. The molecule has 0 saturated carbocycles. The minimum Gasteiger partial charge on any atom is -0.382 e. The van der Waals surface area contributed by atoms with Crippen molar-refractivity contribution in [2.24, 2.45) is 0 Å². The number of nitrogens with one attached hydrogen (secondary N) is 1. The van der Waals surface area contributed by atoms with Gasteiger partial charge in [-0.3, -0.25) is 14.6 Å². The molecule has 1 aliphatic heterocycles. The lowest BCUT2D eigenvalue weighted by Crippen LogP contribution is -2.29. The molecule has 3 N–H and O–H groups in total. The van der Waals surface area contributed by atoms with Crippen molar-refractivity contribution in [2.45, 2.75) is 65.0 Å². The molecule has 9 nitrogen and oxygen atoms in total. The van der Waals surface area contributed by atoms with Crippen LogP contribution in [0.5, 0.6) is 0 Å². The van der Waals surface area contributed by atoms with E-state index in [-0.39, 0.29) is 23.6 Å². The molecule has 2 aromatic heterocycles. The van der Waals surface area contributed by atoms with Gasteiger partial charge in [-0.1, -0.05) is 58.5 Å². The monoisotopic (exact) mass is 664 g/mol. The first-order chi connectivity index (χ1) is 23.5. The molecule has 1 amide bonds. The molecule has 6 rings (SSSR count). The van der Waals surface area contributed by atoms with Gasteiger partial charge in [-0.05, 0) is 71.2 Å². The number of carbonyl (C=O) groups excluding carboxylic acids is 1. The number of H-pyrrole nitrogens is 1. The zero-order valence-corrected chi connectivity index (χ0v) is 29.0. The number of halogens is 1. The highest BCUT2D eigenvalue weighted by Gasteiger charge is 2.27. The van der Waals surface area contributed by atoms with Gasteiger partial charge in [0.15, 0.2) is 5.82 Å². The molecule has 1 saturated heterocycles. The van der Waals surface area contributed by atoms with Crippen molar-refractivity contribution in [1.29, 1.82) is 0 Å². The number of ether oxygens (including phenoxy) is 2. The number of hydrogen-bond acceptors (Lipinski definition) is 6. The normalized spacial score (nSPS) is 14.0. The molecule has 5 aromatic rings. The third-order valence-electron chi connectivity index (χ3n) is 9.32. The average molecular weight is 665 g/mol. The first kappa shape index (κ1) is 34.1. The van der Waals surface area contributed by atoms with E-state index in [0.717, 1.165) is 76.8 Å². The van der Waals surface area contributed by atoms with Crippen molar-refractivity contribution >= 4 is 34.4 Å². The quantitative estimate of drug-likeness (QED) is 0.145. The van der Waals surface area contributed by atoms with Gasteiger partial charge in [0.1, 0.15) is 5.82 Å². The molecule has 1 aliphatic rings. The van der Waals surface area contributed by atoms with Gasteiger partial charge in [-0.25, -0.2) is 4.39 Å². The van der Waals surface area contributed by atoms with Gasteiger partial charge in [0.2, 0.25) is 0 Å². The van der Waals surface area contributed by atoms with Crippen LogP contribution in [0.1, 0.15) is 80.0 Å². The van der Waals surface area contributed by atoms with Crippen LogP contribution in [-0.2, 0) is 21.5 Å². The minimum absolute atomic E-state index is 0.0206. The Labute approximate surface area is 286 Å². The molecule has 0 aliphatic carbocycles. The van der Waals surface area contributed by atoms with Crippen LogP contribution in [0.2, 0.25) is 0 Å². The van der Waals surface area contributed by atoms with E-state index in [0.29, 0.717) is 23.7 Å². The number of anilines is 2. The minimum atomic E-state index is -0.578. The van der Waals surface area contributed by atoms with Crippen LogP contribution in [0.3, 0.4) is 0 Å². The zero-order valence-electron chi connectivity index (χ0n) is 29.0. The summed E-state index contributed by atoms with van der Waals surface area (Å²) in [6.07, 6.45) is 8.13. The van der Waals surface area contributed by atoms with Gasteiger partial charge >= 0.3 is 0 Å². The van der Waals surface area contributed by atoms with Crippen LogP contribution < -0.4 is 10.6 Å². The Hall–Kier alpha value is -4.80. The van der Waals surface area contributed by atoms with E-state index in [9.17, 15) is 4.79 Å². The lowest BCUT2D eigenvalue weighted by molar-refractivity contribution is 0.0662. The van der Waals surface area contributed by atoms with Crippen LogP contribution in [0.4, 0.5) is 15.9 Å². The lowest BCUT2D eigenvalue weighted by atomic mass is 9.84. The number of aromatic nitrogens is 4. The Morgan fingerprint density at radius 3 is 2.67 bits per heavy atom. The Balaban J connectivity index is 1.46. The summed E-state index contributed by atoms with van der Waals surface area (Å²) in [6, 6.07) is 13.4. The summed E-state index contributed by atoms with van der Waals surface area (Å²) in [5, 5.41) is 12.9. The fourth-order valence-electron chi connectivity index (χ4n) is 6.50. The summed E-state index contributed by atoms with van der Waals surface area (Å²) >= 11 is 0. The molecular weight excluding hydrogens is 619 g/mol. The Morgan fingerprint density at radius 1 is 1.18 bits per heavy atom. The van der Waals surface area contributed by atoms with Gasteiger partial charge < -0.3 is 20.1 Å². The molecule has 49 heavy (non-hydrogen) atoms. The molecule has 3 heterocycles. The summed E-state index contributed by atoms with van der Waals surface area (Å²) in [7, 11) is 1.67. The second-order valence-electron chi connectivity index (χ2n) is 13.7. The Kier molecular flexibility index (Phi) is 9.72. The van der Waals surface area contributed by atoms with Gasteiger partial charge in [0.25, 0.3) is 5.91 Å². The first-order valence-corrected chi connectivity index (χ1v) is 16.9.